The lowest BCUT2D eigenvalue weighted by atomic mass is 10.2. The molecule has 0 fully saturated rings. The fourth-order valence-corrected chi connectivity index (χ4v) is 2.79. The summed E-state index contributed by atoms with van der Waals surface area (Å²) in [6, 6.07) is 16.6. The predicted octanol–water partition coefficient (Wildman–Crippen LogP) is 4.18. The summed E-state index contributed by atoms with van der Waals surface area (Å²) in [7, 11) is 0. The number of benzene rings is 2. The van der Waals surface area contributed by atoms with E-state index >= 15 is 0 Å². The first-order chi connectivity index (χ1) is 12.8. The average Bonchev–Trinajstić information content (AvgIpc) is 3.15. The Morgan fingerprint density at radius 1 is 1.08 bits per heavy atom. The van der Waals surface area contributed by atoms with Gasteiger partial charge in [0.2, 0.25) is 0 Å². The lowest BCUT2D eigenvalue weighted by Gasteiger charge is -2.06. The molecule has 0 saturated carbocycles. The largest absolute Gasteiger partial charge is 0.493 e. The van der Waals surface area contributed by atoms with Crippen LogP contribution in [0.5, 0.6) is 11.5 Å². The van der Waals surface area contributed by atoms with Crippen molar-refractivity contribution in [3.05, 3.63) is 54.1 Å². The molecule has 0 atom stereocenters. The Morgan fingerprint density at radius 2 is 1.88 bits per heavy atom. The standard InChI is InChI=1S/C19H17N3O3S/c1-2-23-17-6-4-3-5-16(17)18-21-22-19(25-18)26-12-11-24-15-9-7-14(13-20)8-10-15/h3-10H,2,11-12H2,1H3. The lowest BCUT2D eigenvalue weighted by molar-refractivity contribution is 0.339. The Kier molecular flexibility index (Phi) is 6.12. The highest BCUT2D eigenvalue weighted by Crippen LogP contribution is 2.30. The number of hydrogen-bond acceptors (Lipinski definition) is 7. The van der Waals surface area contributed by atoms with Gasteiger partial charge in [-0.05, 0) is 43.3 Å². The number of rotatable bonds is 8. The maximum atomic E-state index is 8.77. The van der Waals surface area contributed by atoms with E-state index in [9.17, 15) is 0 Å². The molecule has 2 aromatic carbocycles. The lowest BCUT2D eigenvalue weighted by Crippen LogP contribution is -1.99. The van der Waals surface area contributed by atoms with Crippen LogP contribution in [0, 0.1) is 11.3 Å². The third-order valence-electron chi connectivity index (χ3n) is 3.38. The van der Waals surface area contributed by atoms with Crippen molar-refractivity contribution in [2.45, 2.75) is 12.1 Å². The molecule has 0 aliphatic rings. The van der Waals surface area contributed by atoms with Crippen molar-refractivity contribution < 1.29 is 13.9 Å². The van der Waals surface area contributed by atoms with Gasteiger partial charge in [-0.1, -0.05) is 23.9 Å². The number of nitriles is 1. The molecule has 7 heteroatoms. The second kappa shape index (κ2) is 8.92. The van der Waals surface area contributed by atoms with Gasteiger partial charge in [0, 0.05) is 5.75 Å². The topological polar surface area (TPSA) is 81.2 Å². The highest BCUT2D eigenvalue weighted by molar-refractivity contribution is 7.99. The Labute approximate surface area is 155 Å². The summed E-state index contributed by atoms with van der Waals surface area (Å²) in [6.07, 6.45) is 0. The van der Waals surface area contributed by atoms with Crippen molar-refractivity contribution in [2.75, 3.05) is 19.0 Å². The van der Waals surface area contributed by atoms with Gasteiger partial charge in [0.1, 0.15) is 11.5 Å². The molecular formula is C19H17N3O3S. The van der Waals surface area contributed by atoms with Crippen LogP contribution in [0.1, 0.15) is 12.5 Å². The second-order valence-electron chi connectivity index (χ2n) is 5.14. The Bertz CT molecular complexity index is 888. The quantitative estimate of drug-likeness (QED) is 0.436. The van der Waals surface area contributed by atoms with Crippen molar-refractivity contribution in [3.63, 3.8) is 0 Å². The molecule has 6 nitrogen and oxygen atoms in total. The van der Waals surface area contributed by atoms with Gasteiger partial charge in [0.15, 0.2) is 0 Å². The van der Waals surface area contributed by atoms with Gasteiger partial charge >= 0.3 is 0 Å². The van der Waals surface area contributed by atoms with Crippen molar-refractivity contribution in [1.29, 1.82) is 5.26 Å². The summed E-state index contributed by atoms with van der Waals surface area (Å²) in [5.41, 5.74) is 1.39. The maximum Gasteiger partial charge on any atom is 0.276 e. The van der Waals surface area contributed by atoms with E-state index in [1.807, 2.05) is 31.2 Å². The summed E-state index contributed by atoms with van der Waals surface area (Å²) in [4.78, 5) is 0. The summed E-state index contributed by atoms with van der Waals surface area (Å²) >= 11 is 1.42. The SMILES string of the molecule is CCOc1ccccc1-c1nnc(SCCOc2ccc(C#N)cc2)o1. The van der Waals surface area contributed by atoms with E-state index in [1.165, 1.54) is 11.8 Å². The van der Waals surface area contributed by atoms with Gasteiger partial charge in [0.25, 0.3) is 11.1 Å². The fraction of sp³-hybridized carbons (Fsp3) is 0.211. The molecule has 0 spiro atoms. The number of para-hydroxylation sites is 1. The third kappa shape index (κ3) is 4.55. The van der Waals surface area contributed by atoms with Gasteiger partial charge in [-0.25, -0.2) is 0 Å². The molecule has 0 aliphatic heterocycles. The minimum absolute atomic E-state index is 0.435. The first-order valence-electron chi connectivity index (χ1n) is 8.11. The smallest absolute Gasteiger partial charge is 0.276 e. The monoisotopic (exact) mass is 367 g/mol. The molecule has 0 saturated heterocycles. The minimum Gasteiger partial charge on any atom is -0.493 e. The third-order valence-corrected chi connectivity index (χ3v) is 4.17. The highest BCUT2D eigenvalue weighted by atomic mass is 32.2. The maximum absolute atomic E-state index is 8.77. The van der Waals surface area contributed by atoms with Crippen LogP contribution >= 0.6 is 11.8 Å². The molecule has 3 aromatic rings. The van der Waals surface area contributed by atoms with E-state index in [4.69, 9.17) is 19.2 Å². The predicted molar refractivity (Wildman–Crippen MR) is 98.3 cm³/mol. The molecule has 0 aliphatic carbocycles. The molecular weight excluding hydrogens is 350 g/mol. The van der Waals surface area contributed by atoms with Crippen LogP contribution in [0.2, 0.25) is 0 Å². The number of ether oxygens (including phenoxy) is 2. The van der Waals surface area contributed by atoms with E-state index in [0.29, 0.717) is 35.6 Å². The van der Waals surface area contributed by atoms with E-state index in [2.05, 4.69) is 16.3 Å². The van der Waals surface area contributed by atoms with Crippen LogP contribution in [0.3, 0.4) is 0 Å². The zero-order valence-electron chi connectivity index (χ0n) is 14.2. The van der Waals surface area contributed by atoms with Gasteiger partial charge < -0.3 is 13.9 Å². The molecule has 1 heterocycles. The molecule has 1 aromatic heterocycles. The first-order valence-corrected chi connectivity index (χ1v) is 9.10. The van der Waals surface area contributed by atoms with Crippen LogP contribution < -0.4 is 9.47 Å². The van der Waals surface area contributed by atoms with Crippen LogP contribution in [0.25, 0.3) is 11.5 Å². The Balaban J connectivity index is 1.53. The first kappa shape index (κ1) is 17.8. The summed E-state index contributed by atoms with van der Waals surface area (Å²) in [5, 5.41) is 17.4. The van der Waals surface area contributed by atoms with E-state index in [1.54, 1.807) is 24.3 Å². The fourth-order valence-electron chi connectivity index (χ4n) is 2.22. The van der Waals surface area contributed by atoms with Gasteiger partial charge in [0.05, 0.1) is 30.4 Å². The summed E-state index contributed by atoms with van der Waals surface area (Å²) < 4.78 is 16.9. The second-order valence-corrected chi connectivity index (χ2v) is 6.18. The van der Waals surface area contributed by atoms with Crippen LogP contribution in [0.15, 0.2) is 58.2 Å². The number of thioether (sulfide) groups is 1. The Morgan fingerprint density at radius 3 is 2.65 bits per heavy atom. The van der Waals surface area contributed by atoms with E-state index < -0.39 is 0 Å². The number of hydrogen-bond donors (Lipinski definition) is 0. The minimum atomic E-state index is 0.435. The summed E-state index contributed by atoms with van der Waals surface area (Å²) in [6.45, 7) is 2.99. The molecule has 0 amide bonds. The zero-order chi connectivity index (χ0) is 18.2. The normalized spacial score (nSPS) is 10.3. The van der Waals surface area contributed by atoms with Crippen LogP contribution in [-0.2, 0) is 0 Å². The van der Waals surface area contributed by atoms with Crippen molar-refractivity contribution in [3.8, 4) is 29.0 Å². The average molecular weight is 367 g/mol. The van der Waals surface area contributed by atoms with Gasteiger partial charge in [-0.2, -0.15) is 5.26 Å². The van der Waals surface area contributed by atoms with E-state index in [-0.39, 0.29) is 0 Å². The molecule has 0 radical (unpaired) electrons. The Hall–Kier alpha value is -2.98. The number of aromatic nitrogens is 2. The van der Waals surface area contributed by atoms with Gasteiger partial charge in [-0.3, -0.25) is 0 Å². The molecule has 0 bridgehead atoms. The van der Waals surface area contributed by atoms with Crippen LogP contribution in [0.4, 0.5) is 0 Å². The highest BCUT2D eigenvalue weighted by Gasteiger charge is 2.13. The molecule has 3 rings (SSSR count). The van der Waals surface area contributed by atoms with E-state index in [0.717, 1.165) is 17.1 Å². The molecule has 132 valence electrons. The molecule has 0 unspecified atom stereocenters. The van der Waals surface area contributed by atoms with Gasteiger partial charge in [-0.15, -0.1) is 10.2 Å². The van der Waals surface area contributed by atoms with Crippen molar-refractivity contribution in [2.24, 2.45) is 0 Å². The molecule has 26 heavy (non-hydrogen) atoms. The van der Waals surface area contributed by atoms with Crippen LogP contribution in [-0.4, -0.2) is 29.2 Å². The van der Waals surface area contributed by atoms with Crippen molar-refractivity contribution >= 4 is 11.8 Å². The molecule has 0 N–H and O–H groups in total. The van der Waals surface area contributed by atoms with Crippen molar-refractivity contribution in [1.82, 2.24) is 10.2 Å². The zero-order valence-corrected chi connectivity index (χ0v) is 15.0. The summed E-state index contributed by atoms with van der Waals surface area (Å²) in [5.74, 6) is 2.54. The number of nitrogens with zero attached hydrogens (tertiary/aromatic N) is 3.